The highest BCUT2D eigenvalue weighted by molar-refractivity contribution is 5.96. The molecule has 1 aliphatic heterocycles. The van der Waals surface area contributed by atoms with Crippen LogP contribution in [-0.2, 0) is 11.8 Å². The summed E-state index contributed by atoms with van der Waals surface area (Å²) in [4.78, 5) is 17.2. The zero-order valence-corrected chi connectivity index (χ0v) is 16.9. The van der Waals surface area contributed by atoms with Gasteiger partial charge >= 0.3 is 0 Å². The summed E-state index contributed by atoms with van der Waals surface area (Å²) in [6, 6.07) is 11.3. The molecule has 4 atom stereocenters. The van der Waals surface area contributed by atoms with Crippen LogP contribution in [0.5, 0.6) is 5.75 Å². The molecule has 1 amide bonds. The Morgan fingerprint density at radius 1 is 1.27 bits per heavy atom. The van der Waals surface area contributed by atoms with Gasteiger partial charge in [0.05, 0.1) is 25.1 Å². The lowest BCUT2D eigenvalue weighted by molar-refractivity contribution is 0.0929. The summed E-state index contributed by atoms with van der Waals surface area (Å²) in [7, 11) is 1.80. The van der Waals surface area contributed by atoms with Gasteiger partial charge in [-0.25, -0.2) is 0 Å². The molecular formula is C22H23N5O3. The Hall–Kier alpha value is -3.26. The number of ether oxygens (including phenoxy) is 2. The molecule has 1 saturated heterocycles. The van der Waals surface area contributed by atoms with Crippen LogP contribution in [-0.4, -0.2) is 45.1 Å². The molecule has 3 aromatic rings. The zero-order valence-electron chi connectivity index (χ0n) is 16.9. The van der Waals surface area contributed by atoms with Crippen LogP contribution < -0.4 is 10.1 Å². The van der Waals surface area contributed by atoms with Crippen molar-refractivity contribution in [2.75, 3.05) is 13.2 Å². The average Bonchev–Trinajstić information content (AvgIpc) is 3.12. The van der Waals surface area contributed by atoms with Crippen molar-refractivity contribution in [2.24, 2.45) is 18.9 Å². The first-order chi connectivity index (χ1) is 14.6. The number of aryl methyl sites for hydroxylation is 1. The number of aromatic nitrogens is 4. The smallest absolute Gasteiger partial charge is 0.251 e. The molecule has 1 unspecified atom stereocenters. The molecule has 5 rings (SSSR count). The van der Waals surface area contributed by atoms with E-state index < -0.39 is 0 Å². The largest absolute Gasteiger partial charge is 0.484 e. The molecule has 2 aliphatic rings. The number of pyridine rings is 1. The fourth-order valence-electron chi connectivity index (χ4n) is 4.00. The quantitative estimate of drug-likeness (QED) is 0.677. The summed E-state index contributed by atoms with van der Waals surface area (Å²) in [6.45, 7) is 3.41. The standard InChI is InChI=1S/C22H23N5O3/c1-13(18-5-3-4-8-23-18)30-20-7-6-14(9-15(20)19-10-27(2)26-25-19)22(28)24-21-16-11-29-12-17(16)21/h3-10,13,16-17,21H,11-12H2,1-2H3,(H,24,28)/t13-,16-,17+,21?/m0/s1. The third kappa shape index (κ3) is 3.54. The van der Waals surface area contributed by atoms with Crippen molar-refractivity contribution in [1.82, 2.24) is 25.3 Å². The highest BCUT2D eigenvalue weighted by Gasteiger charge is 2.54. The van der Waals surface area contributed by atoms with Gasteiger partial charge in [0.2, 0.25) is 0 Å². The highest BCUT2D eigenvalue weighted by atomic mass is 16.5. The van der Waals surface area contributed by atoms with Crippen molar-refractivity contribution in [2.45, 2.75) is 19.1 Å². The molecule has 3 heterocycles. The number of carbonyl (C=O) groups is 1. The molecule has 1 saturated carbocycles. The molecule has 0 bridgehead atoms. The topological polar surface area (TPSA) is 91.2 Å². The van der Waals surface area contributed by atoms with Crippen LogP contribution in [0.4, 0.5) is 0 Å². The van der Waals surface area contributed by atoms with E-state index in [-0.39, 0.29) is 18.1 Å². The van der Waals surface area contributed by atoms with Crippen LogP contribution in [0.1, 0.15) is 29.1 Å². The van der Waals surface area contributed by atoms with Gasteiger partial charge in [0.15, 0.2) is 0 Å². The first kappa shape index (κ1) is 18.7. The van der Waals surface area contributed by atoms with E-state index >= 15 is 0 Å². The molecule has 1 aliphatic carbocycles. The summed E-state index contributed by atoms with van der Waals surface area (Å²) in [5.74, 6) is 1.44. The summed E-state index contributed by atoms with van der Waals surface area (Å²) >= 11 is 0. The minimum absolute atomic E-state index is 0.0936. The van der Waals surface area contributed by atoms with Crippen LogP contribution in [0, 0.1) is 11.8 Å². The number of benzene rings is 1. The number of amides is 1. The van der Waals surface area contributed by atoms with E-state index in [2.05, 4.69) is 20.6 Å². The second kappa shape index (κ2) is 7.53. The van der Waals surface area contributed by atoms with Crippen molar-refractivity contribution in [3.05, 3.63) is 60.0 Å². The normalized spacial score (nSPS) is 22.9. The van der Waals surface area contributed by atoms with Crippen LogP contribution in [0.25, 0.3) is 11.3 Å². The lowest BCUT2D eigenvalue weighted by atomic mass is 10.1. The van der Waals surface area contributed by atoms with Crippen LogP contribution in [0.3, 0.4) is 0 Å². The lowest BCUT2D eigenvalue weighted by Gasteiger charge is -2.17. The Labute approximate surface area is 174 Å². The van der Waals surface area contributed by atoms with E-state index in [0.29, 0.717) is 28.8 Å². The molecular weight excluding hydrogens is 382 g/mol. The van der Waals surface area contributed by atoms with Gasteiger partial charge in [-0.1, -0.05) is 11.3 Å². The van der Waals surface area contributed by atoms with E-state index in [1.165, 1.54) is 0 Å². The SMILES string of the molecule is C[C@H](Oc1ccc(C(=O)NC2[C@H]3COC[C@@H]23)cc1-c1cn(C)nn1)c1ccccn1. The van der Waals surface area contributed by atoms with Gasteiger partial charge in [-0.05, 0) is 37.3 Å². The first-order valence-corrected chi connectivity index (χ1v) is 10.1. The average molecular weight is 405 g/mol. The lowest BCUT2D eigenvalue weighted by Crippen LogP contribution is -2.29. The Balaban J connectivity index is 1.41. The van der Waals surface area contributed by atoms with E-state index in [1.54, 1.807) is 30.2 Å². The first-order valence-electron chi connectivity index (χ1n) is 10.1. The van der Waals surface area contributed by atoms with Crippen molar-refractivity contribution in [3.63, 3.8) is 0 Å². The molecule has 0 spiro atoms. The minimum Gasteiger partial charge on any atom is -0.484 e. The van der Waals surface area contributed by atoms with Crippen LogP contribution in [0.15, 0.2) is 48.8 Å². The molecule has 8 heteroatoms. The summed E-state index contributed by atoms with van der Waals surface area (Å²) in [5, 5.41) is 11.4. The van der Waals surface area contributed by atoms with E-state index in [0.717, 1.165) is 24.5 Å². The third-order valence-electron chi connectivity index (χ3n) is 5.78. The molecule has 0 radical (unpaired) electrons. The van der Waals surface area contributed by atoms with Gasteiger partial charge in [-0.15, -0.1) is 5.10 Å². The van der Waals surface area contributed by atoms with Gasteiger partial charge in [0.1, 0.15) is 17.5 Å². The molecule has 8 nitrogen and oxygen atoms in total. The molecule has 154 valence electrons. The van der Waals surface area contributed by atoms with Gasteiger partial charge in [-0.3, -0.25) is 14.5 Å². The number of hydrogen-bond acceptors (Lipinski definition) is 6. The highest BCUT2D eigenvalue weighted by Crippen LogP contribution is 2.44. The van der Waals surface area contributed by atoms with Crippen molar-refractivity contribution in [1.29, 1.82) is 0 Å². The monoisotopic (exact) mass is 405 g/mol. The number of carbonyl (C=O) groups excluding carboxylic acids is 1. The van der Waals surface area contributed by atoms with Gasteiger partial charge in [-0.2, -0.15) is 0 Å². The Bertz CT molecular complexity index is 1060. The van der Waals surface area contributed by atoms with Gasteiger partial charge in [0, 0.05) is 42.2 Å². The maximum atomic E-state index is 12.8. The summed E-state index contributed by atoms with van der Waals surface area (Å²) in [5.41, 5.74) is 2.76. The summed E-state index contributed by atoms with van der Waals surface area (Å²) < 4.78 is 13.2. The van der Waals surface area contributed by atoms with Crippen LogP contribution >= 0.6 is 0 Å². The predicted molar refractivity (Wildman–Crippen MR) is 109 cm³/mol. The van der Waals surface area contributed by atoms with E-state index in [9.17, 15) is 4.79 Å². The zero-order chi connectivity index (χ0) is 20.7. The molecule has 1 aromatic carbocycles. The van der Waals surface area contributed by atoms with E-state index in [4.69, 9.17) is 9.47 Å². The van der Waals surface area contributed by atoms with Crippen molar-refractivity contribution < 1.29 is 14.3 Å². The predicted octanol–water partition coefficient (Wildman–Crippen LogP) is 2.39. The van der Waals surface area contributed by atoms with Gasteiger partial charge in [0.25, 0.3) is 5.91 Å². The summed E-state index contributed by atoms with van der Waals surface area (Å²) in [6.07, 6.45) is 3.29. The Morgan fingerprint density at radius 2 is 2.10 bits per heavy atom. The van der Waals surface area contributed by atoms with Crippen molar-refractivity contribution >= 4 is 5.91 Å². The Kier molecular flexibility index (Phi) is 4.71. The molecule has 30 heavy (non-hydrogen) atoms. The fourth-order valence-corrected chi connectivity index (χ4v) is 4.00. The molecule has 2 aromatic heterocycles. The number of rotatable bonds is 6. The maximum absolute atomic E-state index is 12.8. The number of nitrogens with zero attached hydrogens (tertiary/aromatic N) is 4. The van der Waals surface area contributed by atoms with Gasteiger partial charge < -0.3 is 14.8 Å². The fraction of sp³-hybridized carbons (Fsp3) is 0.364. The second-order valence-corrected chi connectivity index (χ2v) is 7.87. The Morgan fingerprint density at radius 3 is 2.80 bits per heavy atom. The molecule has 1 N–H and O–H groups in total. The number of nitrogens with one attached hydrogen (secondary N) is 1. The van der Waals surface area contributed by atoms with Crippen LogP contribution in [0.2, 0.25) is 0 Å². The molecule has 2 fully saturated rings. The van der Waals surface area contributed by atoms with E-state index in [1.807, 2.05) is 37.3 Å². The minimum atomic E-state index is -0.257. The van der Waals surface area contributed by atoms with Crippen molar-refractivity contribution in [3.8, 4) is 17.0 Å². The second-order valence-electron chi connectivity index (χ2n) is 7.87. The number of fused-ring (bicyclic) bond motifs is 1. The number of hydrogen-bond donors (Lipinski definition) is 1. The maximum Gasteiger partial charge on any atom is 0.251 e. The third-order valence-corrected chi connectivity index (χ3v) is 5.78.